The number of nitro benzene ring substituents is 1. The second kappa shape index (κ2) is 9.26. The standard InChI is InChI=1S/C20H15N5O6S2/c1-31-13-5-2-11(3-6-13)24-16(9-17(26)23-19(24)28)22-18(27)10-32-20-21-14-8-12(25(29)30)4-7-15(14)33-20/h2-9H,10H2,1H3,(H,22,27)(H,23,26,28). The monoisotopic (exact) mass is 485 g/mol. The van der Waals surface area contributed by atoms with E-state index in [1.807, 2.05) is 0 Å². The third-order valence-electron chi connectivity index (χ3n) is 4.43. The number of carbonyl (C=O) groups excluding carboxylic acids is 1. The van der Waals surface area contributed by atoms with Gasteiger partial charge in [0.2, 0.25) is 5.91 Å². The number of nitrogens with one attached hydrogen (secondary N) is 2. The summed E-state index contributed by atoms with van der Waals surface area (Å²) < 4.78 is 7.58. The molecular weight excluding hydrogens is 470 g/mol. The van der Waals surface area contributed by atoms with Crippen LogP contribution in [0.1, 0.15) is 0 Å². The Hall–Kier alpha value is -3.97. The van der Waals surface area contributed by atoms with Gasteiger partial charge in [0.1, 0.15) is 11.6 Å². The van der Waals surface area contributed by atoms with Gasteiger partial charge >= 0.3 is 5.69 Å². The minimum absolute atomic E-state index is 0.0134. The van der Waals surface area contributed by atoms with E-state index in [1.165, 1.54) is 35.1 Å². The molecule has 0 radical (unpaired) electrons. The lowest BCUT2D eigenvalue weighted by Gasteiger charge is -2.13. The van der Waals surface area contributed by atoms with Crippen molar-refractivity contribution in [3.63, 3.8) is 0 Å². The molecular formula is C20H15N5O6S2. The summed E-state index contributed by atoms with van der Waals surface area (Å²) in [4.78, 5) is 53.7. The lowest BCUT2D eigenvalue weighted by molar-refractivity contribution is -0.384. The van der Waals surface area contributed by atoms with Gasteiger partial charge in [0.15, 0.2) is 4.34 Å². The Kier molecular flexibility index (Phi) is 6.24. The molecule has 0 atom stereocenters. The summed E-state index contributed by atoms with van der Waals surface area (Å²) in [5.74, 6) is 0.0854. The molecule has 0 aliphatic heterocycles. The highest BCUT2D eigenvalue weighted by atomic mass is 32.2. The average Bonchev–Trinajstić information content (AvgIpc) is 3.20. The number of thiazole rings is 1. The lowest BCUT2D eigenvalue weighted by Crippen LogP contribution is -2.32. The SMILES string of the molecule is COc1ccc(-n2c(NC(=O)CSc3nc4cc([N+](=O)[O-])ccc4s3)cc(=O)[nH]c2=O)cc1. The molecule has 33 heavy (non-hydrogen) atoms. The molecule has 0 saturated carbocycles. The van der Waals surface area contributed by atoms with Crippen molar-refractivity contribution in [1.29, 1.82) is 0 Å². The van der Waals surface area contributed by atoms with E-state index in [0.29, 0.717) is 21.3 Å². The van der Waals surface area contributed by atoms with E-state index in [9.17, 15) is 24.5 Å². The highest BCUT2D eigenvalue weighted by Crippen LogP contribution is 2.31. The van der Waals surface area contributed by atoms with E-state index < -0.39 is 22.1 Å². The summed E-state index contributed by atoms with van der Waals surface area (Å²) in [5.41, 5.74) is -0.524. The number of aromatic nitrogens is 3. The number of hydrogen-bond donors (Lipinski definition) is 2. The summed E-state index contributed by atoms with van der Waals surface area (Å²) in [6.07, 6.45) is 0. The first-order valence-electron chi connectivity index (χ1n) is 9.32. The zero-order valence-corrected chi connectivity index (χ0v) is 18.6. The fraction of sp³-hybridized carbons (Fsp3) is 0.100. The number of fused-ring (bicyclic) bond motifs is 1. The Balaban J connectivity index is 1.52. The van der Waals surface area contributed by atoms with Crippen LogP contribution in [0.2, 0.25) is 0 Å². The molecule has 1 amide bonds. The van der Waals surface area contributed by atoms with E-state index >= 15 is 0 Å². The van der Waals surface area contributed by atoms with Gasteiger partial charge in [-0.1, -0.05) is 11.8 Å². The van der Waals surface area contributed by atoms with Gasteiger partial charge in [0, 0.05) is 18.2 Å². The Bertz CT molecular complexity index is 1480. The first kappa shape index (κ1) is 22.2. The van der Waals surface area contributed by atoms with Crippen LogP contribution in [0.15, 0.2) is 62.5 Å². The van der Waals surface area contributed by atoms with E-state index in [4.69, 9.17) is 4.74 Å². The minimum atomic E-state index is -0.705. The number of rotatable bonds is 7. The number of thioether (sulfide) groups is 1. The van der Waals surface area contributed by atoms with Crippen LogP contribution in [0.25, 0.3) is 15.9 Å². The van der Waals surface area contributed by atoms with Crippen molar-refractivity contribution in [2.45, 2.75) is 4.34 Å². The molecule has 0 aliphatic carbocycles. The van der Waals surface area contributed by atoms with Crippen molar-refractivity contribution in [2.24, 2.45) is 0 Å². The largest absolute Gasteiger partial charge is 0.497 e. The van der Waals surface area contributed by atoms with Gasteiger partial charge in [-0.05, 0) is 30.3 Å². The molecule has 0 bridgehead atoms. The molecule has 2 heterocycles. The Morgan fingerprint density at radius 3 is 2.70 bits per heavy atom. The Morgan fingerprint density at radius 2 is 2.00 bits per heavy atom. The van der Waals surface area contributed by atoms with Crippen LogP contribution in [-0.4, -0.2) is 38.2 Å². The summed E-state index contributed by atoms with van der Waals surface area (Å²) in [6, 6.07) is 12.0. The zero-order chi connectivity index (χ0) is 23.5. The lowest BCUT2D eigenvalue weighted by atomic mass is 10.3. The Morgan fingerprint density at radius 1 is 1.24 bits per heavy atom. The normalized spacial score (nSPS) is 10.8. The maximum Gasteiger partial charge on any atom is 0.334 e. The van der Waals surface area contributed by atoms with Gasteiger partial charge in [0.25, 0.3) is 11.2 Å². The summed E-state index contributed by atoms with van der Waals surface area (Å²) in [5, 5.41) is 13.5. The topological polar surface area (TPSA) is 149 Å². The number of benzene rings is 2. The number of nitro groups is 1. The molecule has 168 valence electrons. The molecule has 4 rings (SSSR count). The van der Waals surface area contributed by atoms with Crippen molar-refractivity contribution in [1.82, 2.24) is 14.5 Å². The van der Waals surface area contributed by atoms with Gasteiger partial charge in [-0.3, -0.25) is 24.7 Å². The van der Waals surface area contributed by atoms with Crippen molar-refractivity contribution in [2.75, 3.05) is 18.2 Å². The number of nitrogens with zero attached hydrogens (tertiary/aromatic N) is 3. The van der Waals surface area contributed by atoms with Crippen LogP contribution in [-0.2, 0) is 4.79 Å². The number of H-pyrrole nitrogens is 1. The van der Waals surface area contributed by atoms with Crippen molar-refractivity contribution >= 4 is 50.7 Å². The number of methoxy groups -OCH3 is 1. The van der Waals surface area contributed by atoms with Gasteiger partial charge in [-0.2, -0.15) is 0 Å². The molecule has 2 aromatic heterocycles. The first-order valence-corrected chi connectivity index (χ1v) is 11.1. The first-order chi connectivity index (χ1) is 15.8. The van der Waals surface area contributed by atoms with E-state index in [1.54, 1.807) is 30.3 Å². The predicted octanol–water partition coefficient (Wildman–Crippen LogP) is 2.78. The van der Waals surface area contributed by atoms with Gasteiger partial charge < -0.3 is 10.1 Å². The summed E-state index contributed by atoms with van der Waals surface area (Å²) in [7, 11) is 1.51. The second-order valence-corrected chi connectivity index (χ2v) is 8.84. The minimum Gasteiger partial charge on any atom is -0.497 e. The number of anilines is 1. The Labute approximate surface area is 193 Å². The fourth-order valence-corrected chi connectivity index (χ4v) is 4.80. The third kappa shape index (κ3) is 4.94. The molecule has 2 aromatic carbocycles. The maximum absolute atomic E-state index is 12.6. The number of amides is 1. The predicted molar refractivity (Wildman–Crippen MR) is 125 cm³/mol. The van der Waals surface area contributed by atoms with Crippen LogP contribution in [0.3, 0.4) is 0 Å². The highest BCUT2D eigenvalue weighted by Gasteiger charge is 2.14. The van der Waals surface area contributed by atoms with Crippen molar-refractivity contribution < 1.29 is 14.5 Å². The second-order valence-electron chi connectivity index (χ2n) is 6.58. The summed E-state index contributed by atoms with van der Waals surface area (Å²) >= 11 is 2.44. The van der Waals surface area contributed by atoms with Crippen LogP contribution < -0.4 is 21.3 Å². The molecule has 0 saturated heterocycles. The molecule has 11 nitrogen and oxygen atoms in total. The molecule has 0 aliphatic rings. The third-order valence-corrected chi connectivity index (χ3v) is 6.61. The molecule has 4 aromatic rings. The van der Waals surface area contributed by atoms with Crippen LogP contribution >= 0.6 is 23.1 Å². The zero-order valence-electron chi connectivity index (χ0n) is 16.9. The van der Waals surface area contributed by atoms with Gasteiger partial charge in [-0.15, -0.1) is 11.3 Å². The van der Waals surface area contributed by atoms with Crippen LogP contribution in [0, 0.1) is 10.1 Å². The molecule has 2 N–H and O–H groups in total. The van der Waals surface area contributed by atoms with Gasteiger partial charge in [0.05, 0.1) is 33.7 Å². The van der Waals surface area contributed by atoms with E-state index in [0.717, 1.165) is 22.5 Å². The van der Waals surface area contributed by atoms with E-state index in [-0.39, 0.29) is 17.3 Å². The smallest absolute Gasteiger partial charge is 0.334 e. The maximum atomic E-state index is 12.6. The van der Waals surface area contributed by atoms with Crippen molar-refractivity contribution in [3.8, 4) is 11.4 Å². The van der Waals surface area contributed by atoms with Gasteiger partial charge in [-0.25, -0.2) is 14.3 Å². The number of carbonyl (C=O) groups is 1. The molecule has 0 unspecified atom stereocenters. The van der Waals surface area contributed by atoms with E-state index in [2.05, 4.69) is 15.3 Å². The summed E-state index contributed by atoms with van der Waals surface area (Å²) in [6.45, 7) is 0. The van der Waals surface area contributed by atoms with Crippen molar-refractivity contribution in [3.05, 3.63) is 79.5 Å². The number of non-ortho nitro benzene ring substituents is 1. The fourth-order valence-electron chi connectivity index (χ4n) is 2.95. The van der Waals surface area contributed by atoms with Crippen LogP contribution in [0.4, 0.5) is 11.5 Å². The number of ether oxygens (including phenoxy) is 1. The highest BCUT2D eigenvalue weighted by molar-refractivity contribution is 8.01. The number of aromatic amines is 1. The molecule has 13 heteroatoms. The van der Waals surface area contributed by atoms with Crippen LogP contribution in [0.5, 0.6) is 5.75 Å². The quantitative estimate of drug-likeness (QED) is 0.231. The number of hydrogen-bond acceptors (Lipinski definition) is 9. The molecule has 0 fully saturated rings. The molecule has 0 spiro atoms. The average molecular weight is 486 g/mol.